The van der Waals surface area contributed by atoms with Crippen LogP contribution in [0.25, 0.3) is 0 Å². The smallest absolute Gasteiger partial charge is 0.271 e. The molecule has 0 unspecified atom stereocenters. The molecule has 0 saturated carbocycles. The van der Waals surface area contributed by atoms with Crippen molar-refractivity contribution in [1.29, 1.82) is 0 Å². The second-order valence-corrected chi connectivity index (χ2v) is 8.55. The van der Waals surface area contributed by atoms with Crippen LogP contribution in [-0.4, -0.2) is 40.5 Å². The first-order valence-electron chi connectivity index (χ1n) is 6.37. The van der Waals surface area contributed by atoms with Crippen LogP contribution in [0.3, 0.4) is 0 Å². The lowest BCUT2D eigenvalue weighted by Crippen LogP contribution is -2.39. The molecule has 1 aliphatic heterocycles. The molecular formula is C12H18N2O4S2. The second kappa shape index (κ2) is 5.71. The molecule has 2 rings (SSSR count). The predicted octanol–water partition coefficient (Wildman–Crippen LogP) is 1.23. The van der Waals surface area contributed by atoms with Gasteiger partial charge in [-0.3, -0.25) is 4.72 Å². The molecule has 1 aliphatic rings. The third-order valence-electron chi connectivity index (χ3n) is 3.18. The van der Waals surface area contributed by atoms with Crippen molar-refractivity contribution in [3.05, 3.63) is 24.3 Å². The Labute approximate surface area is 119 Å². The Morgan fingerprint density at radius 3 is 2.00 bits per heavy atom. The number of sulfone groups is 1. The zero-order valence-corrected chi connectivity index (χ0v) is 12.9. The first-order valence-corrected chi connectivity index (χ1v) is 9.70. The van der Waals surface area contributed by atoms with Crippen LogP contribution in [0, 0.1) is 0 Å². The number of hydrogen-bond acceptors (Lipinski definition) is 4. The van der Waals surface area contributed by atoms with Crippen LogP contribution >= 0.6 is 0 Å². The monoisotopic (exact) mass is 318 g/mol. The fourth-order valence-corrected chi connectivity index (χ4v) is 4.02. The quantitative estimate of drug-likeness (QED) is 0.905. The molecule has 20 heavy (non-hydrogen) atoms. The lowest BCUT2D eigenvalue weighted by molar-refractivity contribution is 0.349. The van der Waals surface area contributed by atoms with Crippen LogP contribution in [-0.2, 0) is 20.0 Å². The number of anilines is 1. The third kappa shape index (κ3) is 3.71. The first-order chi connectivity index (χ1) is 9.29. The van der Waals surface area contributed by atoms with Crippen LogP contribution in [0.1, 0.15) is 19.3 Å². The van der Waals surface area contributed by atoms with E-state index in [0.29, 0.717) is 18.8 Å². The summed E-state index contributed by atoms with van der Waals surface area (Å²) in [5, 5.41) is 0. The molecule has 1 saturated heterocycles. The van der Waals surface area contributed by atoms with Crippen LogP contribution in [0.15, 0.2) is 29.2 Å². The number of rotatable bonds is 4. The lowest BCUT2D eigenvalue weighted by atomic mass is 10.2. The molecule has 0 amide bonds. The van der Waals surface area contributed by atoms with E-state index >= 15 is 0 Å². The third-order valence-corrected chi connectivity index (χ3v) is 5.85. The van der Waals surface area contributed by atoms with Crippen LogP contribution in [0.5, 0.6) is 0 Å². The Morgan fingerprint density at radius 2 is 1.50 bits per heavy atom. The topological polar surface area (TPSA) is 83.5 Å². The SMILES string of the molecule is CS(=O)(=O)c1ccc(NS(=O)(=O)N2CCCCC2)cc1. The van der Waals surface area contributed by atoms with Crippen LogP contribution < -0.4 is 4.72 Å². The molecule has 0 aliphatic carbocycles. The predicted molar refractivity (Wildman–Crippen MR) is 77.5 cm³/mol. The van der Waals surface area contributed by atoms with Crippen molar-refractivity contribution in [2.45, 2.75) is 24.2 Å². The largest absolute Gasteiger partial charge is 0.301 e. The van der Waals surface area contributed by atoms with Gasteiger partial charge in [-0.15, -0.1) is 0 Å². The number of benzene rings is 1. The molecular weight excluding hydrogens is 300 g/mol. The van der Waals surface area contributed by atoms with Gasteiger partial charge in [0.05, 0.1) is 4.90 Å². The summed E-state index contributed by atoms with van der Waals surface area (Å²) in [4.78, 5) is 0.165. The normalized spacial score (nSPS) is 17.9. The summed E-state index contributed by atoms with van der Waals surface area (Å²) < 4.78 is 50.8. The summed E-state index contributed by atoms with van der Waals surface area (Å²) in [7, 11) is -6.82. The van der Waals surface area contributed by atoms with Crippen LogP contribution in [0.2, 0.25) is 0 Å². The maximum Gasteiger partial charge on any atom is 0.301 e. The summed E-state index contributed by atoms with van der Waals surface area (Å²) >= 11 is 0. The summed E-state index contributed by atoms with van der Waals surface area (Å²) in [5.74, 6) is 0. The summed E-state index contributed by atoms with van der Waals surface area (Å²) in [6.45, 7) is 1.05. The fraction of sp³-hybridized carbons (Fsp3) is 0.500. The van der Waals surface area contributed by atoms with Crippen molar-refractivity contribution in [2.75, 3.05) is 24.1 Å². The van der Waals surface area contributed by atoms with E-state index in [1.165, 1.54) is 28.6 Å². The molecule has 0 bridgehead atoms. The van der Waals surface area contributed by atoms with Gasteiger partial charge in [-0.25, -0.2) is 8.42 Å². The highest BCUT2D eigenvalue weighted by Crippen LogP contribution is 2.18. The minimum Gasteiger partial charge on any atom is -0.271 e. The number of hydrogen-bond donors (Lipinski definition) is 1. The van der Waals surface area contributed by atoms with Crippen molar-refractivity contribution in [3.8, 4) is 0 Å². The van der Waals surface area contributed by atoms with Crippen LogP contribution in [0.4, 0.5) is 5.69 Å². The Bertz CT molecular complexity index is 660. The van der Waals surface area contributed by atoms with Crippen molar-refractivity contribution in [2.24, 2.45) is 0 Å². The van der Waals surface area contributed by atoms with Crippen molar-refractivity contribution in [3.63, 3.8) is 0 Å². The van der Waals surface area contributed by atoms with Gasteiger partial charge in [0, 0.05) is 25.0 Å². The van der Waals surface area contributed by atoms with Gasteiger partial charge in [0.1, 0.15) is 0 Å². The van der Waals surface area contributed by atoms with Gasteiger partial charge < -0.3 is 0 Å². The molecule has 6 nitrogen and oxygen atoms in total. The first kappa shape index (κ1) is 15.3. The maximum atomic E-state index is 12.1. The number of piperidine rings is 1. The maximum absolute atomic E-state index is 12.1. The fourth-order valence-electron chi connectivity index (χ4n) is 2.09. The highest BCUT2D eigenvalue weighted by atomic mass is 32.2. The second-order valence-electron chi connectivity index (χ2n) is 4.86. The van der Waals surface area contributed by atoms with E-state index in [1.54, 1.807) is 0 Å². The Kier molecular flexibility index (Phi) is 4.36. The highest BCUT2D eigenvalue weighted by molar-refractivity contribution is 7.91. The zero-order valence-electron chi connectivity index (χ0n) is 11.2. The molecule has 0 atom stereocenters. The molecule has 0 radical (unpaired) electrons. The van der Waals surface area contributed by atoms with Gasteiger partial charge in [0.15, 0.2) is 9.84 Å². The molecule has 1 N–H and O–H groups in total. The van der Waals surface area contributed by atoms with E-state index in [0.717, 1.165) is 25.5 Å². The molecule has 8 heteroatoms. The van der Waals surface area contributed by atoms with Gasteiger partial charge in [0.25, 0.3) is 0 Å². The van der Waals surface area contributed by atoms with Gasteiger partial charge in [-0.2, -0.15) is 12.7 Å². The van der Waals surface area contributed by atoms with Gasteiger partial charge in [0.2, 0.25) is 0 Å². The Morgan fingerprint density at radius 1 is 0.950 bits per heavy atom. The minimum absolute atomic E-state index is 0.165. The number of nitrogens with zero attached hydrogens (tertiary/aromatic N) is 1. The van der Waals surface area contributed by atoms with E-state index in [2.05, 4.69) is 4.72 Å². The van der Waals surface area contributed by atoms with Crippen molar-refractivity contribution in [1.82, 2.24) is 4.31 Å². The summed E-state index contributed by atoms with van der Waals surface area (Å²) in [6, 6.07) is 5.70. The van der Waals surface area contributed by atoms with Crippen molar-refractivity contribution >= 4 is 25.7 Å². The van der Waals surface area contributed by atoms with Gasteiger partial charge >= 0.3 is 10.2 Å². The molecule has 1 aromatic rings. The van der Waals surface area contributed by atoms with Crippen molar-refractivity contribution < 1.29 is 16.8 Å². The molecule has 112 valence electrons. The molecule has 0 spiro atoms. The van der Waals surface area contributed by atoms with E-state index in [4.69, 9.17) is 0 Å². The summed E-state index contributed by atoms with van der Waals surface area (Å²) in [6.07, 6.45) is 3.90. The minimum atomic E-state index is -3.55. The molecule has 1 heterocycles. The average molecular weight is 318 g/mol. The lowest BCUT2D eigenvalue weighted by Gasteiger charge is -2.26. The Balaban J connectivity index is 2.13. The van der Waals surface area contributed by atoms with Gasteiger partial charge in [-0.05, 0) is 37.1 Å². The van der Waals surface area contributed by atoms with E-state index in [1.807, 2.05) is 0 Å². The van der Waals surface area contributed by atoms with E-state index in [9.17, 15) is 16.8 Å². The molecule has 1 fully saturated rings. The molecule has 0 aromatic heterocycles. The van der Waals surface area contributed by atoms with E-state index in [-0.39, 0.29) is 4.90 Å². The number of nitrogens with one attached hydrogen (secondary N) is 1. The summed E-state index contributed by atoms with van der Waals surface area (Å²) in [5.41, 5.74) is 0.364. The molecule has 1 aromatic carbocycles. The van der Waals surface area contributed by atoms with Gasteiger partial charge in [-0.1, -0.05) is 6.42 Å². The zero-order chi connectivity index (χ0) is 14.8. The highest BCUT2D eigenvalue weighted by Gasteiger charge is 2.23. The average Bonchev–Trinajstić information content (AvgIpc) is 2.39. The Hall–Kier alpha value is -1.12. The standard InChI is InChI=1S/C12H18N2O4S2/c1-19(15,16)12-7-5-11(6-8-12)13-20(17,18)14-9-3-2-4-10-14/h5-8,13H,2-4,9-10H2,1H3. The van der Waals surface area contributed by atoms with E-state index < -0.39 is 20.0 Å².